The first-order valence-electron chi connectivity index (χ1n) is 6.53. The van der Waals surface area contributed by atoms with E-state index in [1.165, 1.54) is 10.4 Å². The van der Waals surface area contributed by atoms with Crippen LogP contribution < -0.4 is 0 Å². The molecule has 0 unspecified atom stereocenters. The van der Waals surface area contributed by atoms with Gasteiger partial charge in [-0.05, 0) is 35.8 Å². The topological polar surface area (TPSA) is 55.8 Å². The van der Waals surface area contributed by atoms with Crippen molar-refractivity contribution in [2.45, 2.75) is 18.1 Å². The van der Waals surface area contributed by atoms with Crippen molar-refractivity contribution < 1.29 is 17.9 Å². The summed E-state index contributed by atoms with van der Waals surface area (Å²) < 4.78 is 38.0. The molecule has 1 aromatic rings. The number of rotatable bonds is 10. The molecule has 0 aliphatic carbocycles. The zero-order chi connectivity index (χ0) is 15.9. The lowest BCUT2D eigenvalue weighted by Crippen LogP contribution is -2.36. The minimum atomic E-state index is -3.59. The number of sulfonamides is 1. The molecule has 0 saturated heterocycles. The average Bonchev–Trinajstić information content (AvgIpc) is 2.78. The molecule has 1 rings (SSSR count). The maximum absolute atomic E-state index is 12.6. The molecule has 21 heavy (non-hydrogen) atoms. The summed E-state index contributed by atoms with van der Waals surface area (Å²) in [6.45, 7) is 6.12. The maximum atomic E-state index is 12.6. The molecule has 9 heteroatoms. The third kappa shape index (κ3) is 5.78. The Morgan fingerprint density at radius 1 is 1.24 bits per heavy atom. The predicted octanol–water partition coefficient (Wildman–Crippen LogP) is 3.23. The third-order valence-corrected chi connectivity index (χ3v) is 7.42. The van der Waals surface area contributed by atoms with E-state index in [2.05, 4.69) is 15.9 Å². The molecule has 5 nitrogen and oxygen atoms in total. The molecular formula is C12H19BrClNO4S2. The van der Waals surface area contributed by atoms with E-state index in [0.717, 1.165) is 11.3 Å². The molecule has 0 aliphatic heterocycles. The van der Waals surface area contributed by atoms with E-state index in [-0.39, 0.29) is 17.3 Å². The summed E-state index contributed by atoms with van der Waals surface area (Å²) in [5.41, 5.74) is 0. The second-order valence-electron chi connectivity index (χ2n) is 3.99. The highest BCUT2D eigenvalue weighted by molar-refractivity contribution is 9.11. The SMILES string of the molecule is CCOCCN(CCOCC)S(=O)(=O)c1cc(Cl)c(Br)s1. The fourth-order valence-electron chi connectivity index (χ4n) is 1.55. The number of halogens is 2. The fourth-order valence-corrected chi connectivity index (χ4v) is 5.52. The molecule has 0 N–H and O–H groups in total. The van der Waals surface area contributed by atoms with Crippen LogP contribution >= 0.6 is 38.9 Å². The Labute approximate surface area is 143 Å². The minimum Gasteiger partial charge on any atom is -0.380 e. The van der Waals surface area contributed by atoms with Crippen molar-refractivity contribution in [2.24, 2.45) is 0 Å². The summed E-state index contributed by atoms with van der Waals surface area (Å²) >= 11 is 10.3. The lowest BCUT2D eigenvalue weighted by atomic mass is 10.6. The molecular weight excluding hydrogens is 402 g/mol. The van der Waals surface area contributed by atoms with Gasteiger partial charge in [-0.25, -0.2) is 8.42 Å². The van der Waals surface area contributed by atoms with Gasteiger partial charge in [0.05, 0.1) is 22.0 Å². The van der Waals surface area contributed by atoms with E-state index in [0.29, 0.717) is 35.2 Å². The van der Waals surface area contributed by atoms with Gasteiger partial charge < -0.3 is 9.47 Å². The van der Waals surface area contributed by atoms with Gasteiger partial charge in [-0.15, -0.1) is 11.3 Å². The Bertz CT molecular complexity index is 506. The first-order chi connectivity index (χ1) is 9.93. The molecule has 0 aromatic carbocycles. The van der Waals surface area contributed by atoms with Gasteiger partial charge in [0, 0.05) is 26.3 Å². The Balaban J connectivity index is 2.87. The van der Waals surface area contributed by atoms with E-state index in [9.17, 15) is 8.42 Å². The Kier molecular flexibility index (Phi) is 8.70. The van der Waals surface area contributed by atoms with Gasteiger partial charge in [0.25, 0.3) is 10.0 Å². The second kappa shape index (κ2) is 9.44. The van der Waals surface area contributed by atoms with Crippen LogP contribution in [-0.4, -0.2) is 52.2 Å². The largest absolute Gasteiger partial charge is 0.380 e. The van der Waals surface area contributed by atoms with E-state index < -0.39 is 10.0 Å². The van der Waals surface area contributed by atoms with Gasteiger partial charge in [0.1, 0.15) is 4.21 Å². The van der Waals surface area contributed by atoms with Gasteiger partial charge in [-0.2, -0.15) is 4.31 Å². The molecule has 0 saturated carbocycles. The van der Waals surface area contributed by atoms with E-state index in [1.54, 1.807) is 0 Å². The van der Waals surface area contributed by atoms with Crippen molar-refractivity contribution in [2.75, 3.05) is 39.5 Å². The molecule has 0 amide bonds. The van der Waals surface area contributed by atoms with Gasteiger partial charge in [0.15, 0.2) is 0 Å². The second-order valence-corrected chi connectivity index (χ2v) is 8.93. The van der Waals surface area contributed by atoms with Crippen LogP contribution in [0, 0.1) is 0 Å². The number of thiophene rings is 1. The summed E-state index contributed by atoms with van der Waals surface area (Å²) in [6, 6.07) is 1.46. The average molecular weight is 421 g/mol. The molecule has 1 heterocycles. The lowest BCUT2D eigenvalue weighted by Gasteiger charge is -2.21. The van der Waals surface area contributed by atoms with Crippen LogP contribution in [0.3, 0.4) is 0 Å². The number of hydrogen-bond donors (Lipinski definition) is 0. The van der Waals surface area contributed by atoms with Crippen LogP contribution in [0.25, 0.3) is 0 Å². The minimum absolute atomic E-state index is 0.215. The maximum Gasteiger partial charge on any atom is 0.252 e. The van der Waals surface area contributed by atoms with Crippen LogP contribution in [0.4, 0.5) is 0 Å². The molecule has 0 bridgehead atoms. The third-order valence-electron chi connectivity index (χ3n) is 2.60. The number of ether oxygens (including phenoxy) is 2. The van der Waals surface area contributed by atoms with E-state index in [1.807, 2.05) is 13.8 Å². The highest BCUT2D eigenvalue weighted by Gasteiger charge is 2.27. The highest BCUT2D eigenvalue weighted by Crippen LogP contribution is 2.35. The van der Waals surface area contributed by atoms with Crippen molar-refractivity contribution >= 4 is 48.9 Å². The first-order valence-corrected chi connectivity index (χ1v) is 9.96. The molecule has 1 aromatic heterocycles. The van der Waals surface area contributed by atoms with E-state index in [4.69, 9.17) is 21.1 Å². The highest BCUT2D eigenvalue weighted by atomic mass is 79.9. The Morgan fingerprint density at radius 2 is 1.76 bits per heavy atom. The summed E-state index contributed by atoms with van der Waals surface area (Å²) in [6.07, 6.45) is 0. The summed E-state index contributed by atoms with van der Waals surface area (Å²) in [4.78, 5) is 0. The van der Waals surface area contributed by atoms with E-state index >= 15 is 0 Å². The lowest BCUT2D eigenvalue weighted by molar-refractivity contribution is 0.110. The number of hydrogen-bond acceptors (Lipinski definition) is 5. The van der Waals surface area contributed by atoms with Crippen LogP contribution in [0.5, 0.6) is 0 Å². The standard InChI is InChI=1S/C12H19BrClNO4S2/c1-3-18-7-5-15(6-8-19-4-2)21(16,17)11-9-10(14)12(13)20-11/h9H,3-8H2,1-2H3. The van der Waals surface area contributed by atoms with Crippen LogP contribution in [0.2, 0.25) is 5.02 Å². The number of nitrogens with zero attached hydrogens (tertiary/aromatic N) is 1. The van der Waals surface area contributed by atoms with Gasteiger partial charge in [-0.3, -0.25) is 0 Å². The summed E-state index contributed by atoms with van der Waals surface area (Å²) in [5.74, 6) is 0. The molecule has 0 spiro atoms. The van der Waals surface area contributed by atoms with Crippen molar-refractivity contribution in [3.63, 3.8) is 0 Å². The van der Waals surface area contributed by atoms with Crippen molar-refractivity contribution in [3.8, 4) is 0 Å². The van der Waals surface area contributed by atoms with Crippen molar-refractivity contribution in [3.05, 3.63) is 14.9 Å². The first kappa shape index (κ1) is 19.3. The normalized spacial score (nSPS) is 12.2. The van der Waals surface area contributed by atoms with Crippen molar-refractivity contribution in [1.29, 1.82) is 0 Å². The van der Waals surface area contributed by atoms with Crippen molar-refractivity contribution in [1.82, 2.24) is 4.31 Å². The Morgan fingerprint density at radius 3 is 2.14 bits per heavy atom. The molecule has 122 valence electrons. The Hall–Kier alpha value is 0.300. The summed E-state index contributed by atoms with van der Waals surface area (Å²) in [5, 5.41) is 0.396. The molecule has 0 aliphatic rings. The predicted molar refractivity (Wildman–Crippen MR) is 88.8 cm³/mol. The quantitative estimate of drug-likeness (QED) is 0.545. The van der Waals surface area contributed by atoms with Crippen LogP contribution in [0.1, 0.15) is 13.8 Å². The van der Waals surface area contributed by atoms with Gasteiger partial charge in [0.2, 0.25) is 0 Å². The smallest absolute Gasteiger partial charge is 0.252 e. The zero-order valence-electron chi connectivity index (χ0n) is 12.0. The monoisotopic (exact) mass is 419 g/mol. The van der Waals surface area contributed by atoms with Crippen LogP contribution in [-0.2, 0) is 19.5 Å². The van der Waals surface area contributed by atoms with Crippen LogP contribution in [0.15, 0.2) is 14.1 Å². The zero-order valence-corrected chi connectivity index (χ0v) is 15.9. The van der Waals surface area contributed by atoms with Gasteiger partial charge >= 0.3 is 0 Å². The summed E-state index contributed by atoms with van der Waals surface area (Å²) in [7, 11) is -3.59. The fraction of sp³-hybridized carbons (Fsp3) is 0.667. The molecule has 0 radical (unpaired) electrons. The molecule has 0 atom stereocenters. The molecule has 0 fully saturated rings. The van der Waals surface area contributed by atoms with Gasteiger partial charge in [-0.1, -0.05) is 11.6 Å².